The summed E-state index contributed by atoms with van der Waals surface area (Å²) in [6.07, 6.45) is 1.80. The maximum absolute atomic E-state index is 11.2. The minimum absolute atomic E-state index is 0.00178. The smallest absolute Gasteiger partial charge is 0.309 e. The van der Waals surface area contributed by atoms with Crippen LogP contribution >= 0.6 is 12.2 Å². The summed E-state index contributed by atoms with van der Waals surface area (Å²) >= 11 is 4.56. The Morgan fingerprint density at radius 2 is 2.00 bits per heavy atom. The maximum atomic E-state index is 11.2. The second-order valence-corrected chi connectivity index (χ2v) is 3.84. The van der Waals surface area contributed by atoms with Gasteiger partial charge in [0.05, 0.1) is 11.5 Å². The molecule has 15 heavy (non-hydrogen) atoms. The molecular formula is C9H17N3O2S. The zero-order chi connectivity index (χ0) is 11.8. The first-order chi connectivity index (χ1) is 6.97. The van der Waals surface area contributed by atoms with E-state index in [0.717, 1.165) is 12.8 Å². The number of hydrogen-bond donors (Lipinski definition) is 3. The molecule has 86 valence electrons. The van der Waals surface area contributed by atoms with Crippen molar-refractivity contribution in [1.29, 1.82) is 0 Å². The van der Waals surface area contributed by atoms with E-state index < -0.39 is 11.8 Å². The molecule has 1 unspecified atom stereocenters. The molecule has 1 atom stereocenters. The molecule has 0 rings (SSSR count). The monoisotopic (exact) mass is 231 g/mol. The summed E-state index contributed by atoms with van der Waals surface area (Å²) in [5.74, 6) is -1.35. The number of nitrogens with two attached hydrogens (primary N) is 1. The Hall–Kier alpha value is -1.17. The summed E-state index contributed by atoms with van der Waals surface area (Å²) in [7, 11) is 0. The molecule has 5 nitrogen and oxygen atoms in total. The topological polar surface area (TPSA) is 84.2 Å². The molecule has 0 aliphatic heterocycles. The summed E-state index contributed by atoms with van der Waals surface area (Å²) in [5, 5.41) is 4.88. The average Bonchev–Trinajstić information content (AvgIpc) is 2.14. The molecule has 0 bridgehead atoms. The van der Waals surface area contributed by atoms with Crippen LogP contribution in [0.1, 0.15) is 26.7 Å². The van der Waals surface area contributed by atoms with Gasteiger partial charge in [0.15, 0.2) is 0 Å². The normalized spacial score (nSPS) is 11.6. The van der Waals surface area contributed by atoms with Crippen molar-refractivity contribution < 1.29 is 9.59 Å². The van der Waals surface area contributed by atoms with Crippen LogP contribution in [0.5, 0.6) is 0 Å². The van der Waals surface area contributed by atoms with Gasteiger partial charge in [0.25, 0.3) is 0 Å². The minimum Gasteiger partial charge on any atom is -0.392 e. The van der Waals surface area contributed by atoms with Gasteiger partial charge in [0.1, 0.15) is 0 Å². The lowest BCUT2D eigenvalue weighted by atomic mass is 10.2. The van der Waals surface area contributed by atoms with E-state index >= 15 is 0 Å². The number of rotatable bonds is 5. The largest absolute Gasteiger partial charge is 0.392 e. The third kappa shape index (κ3) is 6.84. The molecule has 0 aromatic rings. The molecule has 0 spiro atoms. The van der Waals surface area contributed by atoms with Gasteiger partial charge in [-0.1, -0.05) is 25.6 Å². The fourth-order valence-corrected chi connectivity index (χ4v) is 1.11. The molecule has 0 saturated carbocycles. The number of thiocarbonyl (C=S) groups is 1. The molecule has 0 radical (unpaired) electrons. The van der Waals surface area contributed by atoms with Gasteiger partial charge in [0, 0.05) is 6.04 Å². The van der Waals surface area contributed by atoms with Crippen molar-refractivity contribution in [1.82, 2.24) is 10.6 Å². The average molecular weight is 231 g/mol. The Bertz CT molecular complexity index is 256. The Morgan fingerprint density at radius 3 is 2.47 bits per heavy atom. The van der Waals surface area contributed by atoms with Crippen molar-refractivity contribution in [3.05, 3.63) is 0 Å². The third-order valence-corrected chi connectivity index (χ3v) is 1.87. The lowest BCUT2D eigenvalue weighted by Gasteiger charge is -2.12. The molecule has 6 heteroatoms. The van der Waals surface area contributed by atoms with E-state index in [1.165, 1.54) is 0 Å². The summed E-state index contributed by atoms with van der Waals surface area (Å²) < 4.78 is 0. The van der Waals surface area contributed by atoms with Crippen LogP contribution in [0.15, 0.2) is 0 Å². The minimum atomic E-state index is -0.703. The van der Waals surface area contributed by atoms with E-state index in [9.17, 15) is 9.59 Å². The first kappa shape index (κ1) is 13.8. The molecular weight excluding hydrogens is 214 g/mol. The first-order valence-corrected chi connectivity index (χ1v) is 5.25. The molecule has 0 fully saturated rings. The standard InChI is InChI=1S/C9H17N3O2S/c1-3-4-6(2)12-9(14)8(13)11-5-7(10)15/h6H,3-5H2,1-2H3,(H2,10,15)(H,11,13)(H,12,14). The van der Waals surface area contributed by atoms with E-state index in [1.54, 1.807) is 0 Å². The van der Waals surface area contributed by atoms with Gasteiger partial charge in [-0.25, -0.2) is 0 Å². The highest BCUT2D eigenvalue weighted by Crippen LogP contribution is 1.93. The van der Waals surface area contributed by atoms with Gasteiger partial charge in [-0.15, -0.1) is 0 Å². The SMILES string of the molecule is CCCC(C)NC(=O)C(=O)NCC(N)=S. The fraction of sp³-hybridized carbons (Fsp3) is 0.667. The molecule has 0 aliphatic carbocycles. The second-order valence-electron chi connectivity index (χ2n) is 3.31. The predicted octanol–water partition coefficient (Wildman–Crippen LogP) is -0.306. The molecule has 2 amide bonds. The van der Waals surface area contributed by atoms with Gasteiger partial charge in [0.2, 0.25) is 0 Å². The van der Waals surface area contributed by atoms with Crippen LogP contribution in [0.2, 0.25) is 0 Å². The van der Waals surface area contributed by atoms with Gasteiger partial charge >= 0.3 is 11.8 Å². The van der Waals surface area contributed by atoms with Crippen LogP contribution in [-0.4, -0.2) is 29.4 Å². The zero-order valence-electron chi connectivity index (χ0n) is 9.00. The van der Waals surface area contributed by atoms with Crippen molar-refractivity contribution in [2.45, 2.75) is 32.7 Å². The lowest BCUT2D eigenvalue weighted by molar-refractivity contribution is -0.139. The quantitative estimate of drug-likeness (QED) is 0.448. The second kappa shape index (κ2) is 7.17. The van der Waals surface area contributed by atoms with Crippen molar-refractivity contribution >= 4 is 29.0 Å². The van der Waals surface area contributed by atoms with Crippen molar-refractivity contribution in [2.24, 2.45) is 5.73 Å². The summed E-state index contributed by atoms with van der Waals surface area (Å²) in [4.78, 5) is 22.5. The predicted molar refractivity (Wildman–Crippen MR) is 62.3 cm³/mol. The van der Waals surface area contributed by atoms with Gasteiger partial charge < -0.3 is 16.4 Å². The Balaban J connectivity index is 3.88. The summed E-state index contributed by atoms with van der Waals surface area (Å²) in [5.41, 5.74) is 5.17. The first-order valence-electron chi connectivity index (χ1n) is 4.84. The highest BCUT2D eigenvalue weighted by molar-refractivity contribution is 7.80. The van der Waals surface area contributed by atoms with Crippen molar-refractivity contribution in [2.75, 3.05) is 6.54 Å². The Kier molecular flexibility index (Phi) is 6.61. The number of nitrogens with one attached hydrogen (secondary N) is 2. The fourth-order valence-electron chi connectivity index (χ4n) is 1.04. The molecule has 0 aliphatic rings. The Morgan fingerprint density at radius 1 is 1.40 bits per heavy atom. The molecule has 0 saturated heterocycles. The van der Waals surface area contributed by atoms with Gasteiger partial charge in [-0.05, 0) is 13.3 Å². The highest BCUT2D eigenvalue weighted by Gasteiger charge is 2.14. The van der Waals surface area contributed by atoms with Crippen LogP contribution in [0.3, 0.4) is 0 Å². The Labute approximate surface area is 94.8 Å². The van der Waals surface area contributed by atoms with Crippen LogP contribution in [0.25, 0.3) is 0 Å². The number of carbonyl (C=O) groups excluding carboxylic acids is 2. The maximum Gasteiger partial charge on any atom is 0.309 e. The van der Waals surface area contributed by atoms with Crippen LogP contribution in [-0.2, 0) is 9.59 Å². The molecule has 0 aromatic heterocycles. The van der Waals surface area contributed by atoms with E-state index in [-0.39, 0.29) is 17.6 Å². The van der Waals surface area contributed by atoms with E-state index in [4.69, 9.17) is 5.73 Å². The van der Waals surface area contributed by atoms with Gasteiger partial charge in [-0.2, -0.15) is 0 Å². The number of hydrogen-bond acceptors (Lipinski definition) is 3. The van der Waals surface area contributed by atoms with E-state index in [1.807, 2.05) is 13.8 Å². The van der Waals surface area contributed by atoms with Crippen LogP contribution in [0, 0.1) is 0 Å². The zero-order valence-corrected chi connectivity index (χ0v) is 9.82. The van der Waals surface area contributed by atoms with E-state index in [2.05, 4.69) is 22.9 Å². The molecule has 4 N–H and O–H groups in total. The molecule has 0 heterocycles. The number of carbonyl (C=O) groups is 2. The lowest BCUT2D eigenvalue weighted by Crippen LogP contribution is -2.45. The van der Waals surface area contributed by atoms with E-state index in [0.29, 0.717) is 0 Å². The molecule has 0 aromatic carbocycles. The highest BCUT2D eigenvalue weighted by atomic mass is 32.1. The van der Waals surface area contributed by atoms with Crippen LogP contribution in [0.4, 0.5) is 0 Å². The van der Waals surface area contributed by atoms with Gasteiger partial charge in [-0.3, -0.25) is 9.59 Å². The third-order valence-electron chi connectivity index (χ3n) is 1.73. The van der Waals surface area contributed by atoms with Crippen molar-refractivity contribution in [3.8, 4) is 0 Å². The number of amides is 2. The van der Waals surface area contributed by atoms with Crippen LogP contribution < -0.4 is 16.4 Å². The van der Waals surface area contributed by atoms with Crippen molar-refractivity contribution in [3.63, 3.8) is 0 Å². The summed E-state index contributed by atoms with van der Waals surface area (Å²) in [6, 6.07) is -0.00178. The summed E-state index contributed by atoms with van der Waals surface area (Å²) in [6.45, 7) is 3.90.